The van der Waals surface area contributed by atoms with Crippen LogP contribution >= 0.6 is 11.6 Å². The largest absolute Gasteiger partial charge is 0.320 e. The Morgan fingerprint density at radius 3 is 2.57 bits per heavy atom. The first-order chi connectivity index (χ1) is 11.1. The summed E-state index contributed by atoms with van der Waals surface area (Å²) in [7, 11) is 0. The molecule has 0 spiro atoms. The molecule has 0 unspecified atom stereocenters. The minimum Gasteiger partial charge on any atom is -0.320 e. The Hall–Kier alpha value is -2.66. The number of carbonyl (C=O) groups excluding carboxylic acids is 1. The van der Waals surface area contributed by atoms with Crippen LogP contribution in [-0.2, 0) is 0 Å². The molecule has 5 nitrogen and oxygen atoms in total. The quantitative estimate of drug-likeness (QED) is 0.796. The second-order valence-electron chi connectivity index (χ2n) is 5.19. The summed E-state index contributed by atoms with van der Waals surface area (Å²) in [6.45, 7) is 3.72. The fraction of sp³-hybridized carbons (Fsp3) is 0.118. The minimum atomic E-state index is -0.315. The van der Waals surface area contributed by atoms with Gasteiger partial charge in [0.2, 0.25) is 0 Å². The Morgan fingerprint density at radius 2 is 1.87 bits per heavy atom. The fourth-order valence-electron chi connectivity index (χ4n) is 2.21. The van der Waals surface area contributed by atoms with Crippen LogP contribution in [0.15, 0.2) is 48.5 Å². The highest BCUT2D eigenvalue weighted by Gasteiger charge is 2.17. The Kier molecular flexibility index (Phi) is 4.12. The highest BCUT2D eigenvalue weighted by atomic mass is 35.5. The van der Waals surface area contributed by atoms with Gasteiger partial charge in [0, 0.05) is 10.7 Å². The lowest BCUT2D eigenvalue weighted by Gasteiger charge is -2.06. The molecule has 0 saturated heterocycles. The van der Waals surface area contributed by atoms with E-state index in [2.05, 4.69) is 15.6 Å². The number of hydrogen-bond donors (Lipinski definition) is 1. The first kappa shape index (κ1) is 15.2. The fourth-order valence-corrected chi connectivity index (χ4v) is 2.39. The zero-order valence-electron chi connectivity index (χ0n) is 12.7. The van der Waals surface area contributed by atoms with Gasteiger partial charge in [-0.05, 0) is 43.7 Å². The molecule has 3 rings (SSSR count). The molecule has 0 atom stereocenters. The molecule has 1 N–H and O–H groups in total. The van der Waals surface area contributed by atoms with E-state index in [-0.39, 0.29) is 11.6 Å². The third-order valence-corrected chi connectivity index (χ3v) is 3.95. The van der Waals surface area contributed by atoms with Gasteiger partial charge < -0.3 is 5.32 Å². The van der Waals surface area contributed by atoms with Crippen LogP contribution in [0.1, 0.15) is 21.7 Å². The third-order valence-electron chi connectivity index (χ3n) is 3.54. The summed E-state index contributed by atoms with van der Waals surface area (Å²) in [5, 5.41) is 11.5. The number of para-hydroxylation sites is 1. The molecule has 0 radical (unpaired) electrons. The van der Waals surface area contributed by atoms with Gasteiger partial charge in [-0.2, -0.15) is 0 Å². The average molecular weight is 327 g/mol. The van der Waals surface area contributed by atoms with E-state index < -0.39 is 0 Å². The second-order valence-corrected chi connectivity index (χ2v) is 5.60. The van der Waals surface area contributed by atoms with Crippen LogP contribution in [0.5, 0.6) is 0 Å². The number of carbonyl (C=O) groups is 1. The van der Waals surface area contributed by atoms with Crippen LogP contribution in [0.3, 0.4) is 0 Å². The third kappa shape index (κ3) is 3.10. The maximum Gasteiger partial charge on any atom is 0.278 e. The molecule has 0 aliphatic heterocycles. The maximum atomic E-state index is 12.4. The van der Waals surface area contributed by atoms with Gasteiger partial charge in [-0.3, -0.25) is 4.79 Å². The summed E-state index contributed by atoms with van der Waals surface area (Å²) in [5.74, 6) is -0.315. The number of benzene rings is 2. The molecule has 1 heterocycles. The lowest BCUT2D eigenvalue weighted by molar-refractivity contribution is 0.102. The standard InChI is InChI=1S/C17H15ClN4O/c1-11-8-9-13(10-15(11)18)19-17(23)16-12(2)22(21-20-16)14-6-4-3-5-7-14/h3-10H,1-2H3,(H,19,23). The summed E-state index contributed by atoms with van der Waals surface area (Å²) in [6.07, 6.45) is 0. The van der Waals surface area contributed by atoms with Gasteiger partial charge in [-0.1, -0.05) is 41.1 Å². The molecule has 6 heteroatoms. The molecule has 0 aliphatic rings. The molecular weight excluding hydrogens is 312 g/mol. The molecule has 0 saturated carbocycles. The van der Waals surface area contributed by atoms with Crippen molar-refractivity contribution < 1.29 is 4.79 Å². The van der Waals surface area contributed by atoms with E-state index in [9.17, 15) is 4.79 Å². The Bertz CT molecular complexity index is 858. The van der Waals surface area contributed by atoms with Crippen LogP contribution in [0, 0.1) is 13.8 Å². The predicted molar refractivity (Wildman–Crippen MR) is 90.2 cm³/mol. The SMILES string of the molecule is Cc1ccc(NC(=O)c2nnn(-c3ccccc3)c2C)cc1Cl. The second kappa shape index (κ2) is 6.22. The summed E-state index contributed by atoms with van der Waals surface area (Å²) < 4.78 is 1.64. The number of aromatic nitrogens is 3. The summed E-state index contributed by atoms with van der Waals surface area (Å²) in [5.41, 5.74) is 3.39. The number of nitrogens with one attached hydrogen (secondary N) is 1. The van der Waals surface area contributed by atoms with Crippen molar-refractivity contribution in [2.45, 2.75) is 13.8 Å². The van der Waals surface area contributed by atoms with Crippen molar-refractivity contribution >= 4 is 23.2 Å². The zero-order chi connectivity index (χ0) is 16.4. The van der Waals surface area contributed by atoms with Crippen molar-refractivity contribution in [1.29, 1.82) is 0 Å². The number of hydrogen-bond acceptors (Lipinski definition) is 3. The predicted octanol–water partition coefficient (Wildman–Crippen LogP) is 3.79. The summed E-state index contributed by atoms with van der Waals surface area (Å²) >= 11 is 6.08. The van der Waals surface area contributed by atoms with Gasteiger partial charge in [0.15, 0.2) is 5.69 Å². The lowest BCUT2D eigenvalue weighted by atomic mass is 10.2. The van der Waals surface area contributed by atoms with E-state index in [4.69, 9.17) is 11.6 Å². The summed E-state index contributed by atoms with van der Waals surface area (Å²) in [6, 6.07) is 14.9. The molecule has 0 fully saturated rings. The molecule has 23 heavy (non-hydrogen) atoms. The van der Waals surface area contributed by atoms with E-state index in [0.717, 1.165) is 11.3 Å². The normalized spacial score (nSPS) is 10.6. The number of amides is 1. The van der Waals surface area contributed by atoms with Gasteiger partial charge in [-0.25, -0.2) is 4.68 Å². The van der Waals surface area contributed by atoms with Crippen LogP contribution in [0.2, 0.25) is 5.02 Å². The Labute approximate surface area is 138 Å². The first-order valence-corrected chi connectivity index (χ1v) is 7.49. The number of halogens is 1. The molecule has 0 aliphatic carbocycles. The van der Waals surface area contributed by atoms with Crippen LogP contribution in [-0.4, -0.2) is 20.9 Å². The molecule has 0 bridgehead atoms. The average Bonchev–Trinajstić information content (AvgIpc) is 2.93. The first-order valence-electron chi connectivity index (χ1n) is 7.11. The van der Waals surface area contributed by atoms with Crippen molar-refractivity contribution in [2.75, 3.05) is 5.32 Å². The highest BCUT2D eigenvalue weighted by molar-refractivity contribution is 6.31. The smallest absolute Gasteiger partial charge is 0.278 e. The van der Waals surface area contributed by atoms with Crippen molar-refractivity contribution in [3.63, 3.8) is 0 Å². The van der Waals surface area contributed by atoms with E-state index in [0.29, 0.717) is 16.4 Å². The summed E-state index contributed by atoms with van der Waals surface area (Å²) in [4.78, 5) is 12.4. The minimum absolute atomic E-state index is 0.283. The number of nitrogens with zero attached hydrogens (tertiary/aromatic N) is 3. The molecule has 116 valence electrons. The van der Waals surface area contributed by atoms with Crippen LogP contribution in [0.4, 0.5) is 5.69 Å². The molecular formula is C17H15ClN4O. The van der Waals surface area contributed by atoms with Gasteiger partial charge in [0.25, 0.3) is 5.91 Å². The van der Waals surface area contributed by atoms with E-state index in [1.807, 2.05) is 50.2 Å². The Balaban J connectivity index is 1.86. The van der Waals surface area contributed by atoms with Gasteiger partial charge in [0.05, 0.1) is 11.4 Å². The molecule has 2 aromatic carbocycles. The molecule has 3 aromatic rings. The number of aryl methyl sites for hydroxylation is 1. The van der Waals surface area contributed by atoms with Crippen LogP contribution in [0.25, 0.3) is 5.69 Å². The van der Waals surface area contributed by atoms with E-state index in [1.165, 1.54) is 0 Å². The van der Waals surface area contributed by atoms with Gasteiger partial charge >= 0.3 is 0 Å². The van der Waals surface area contributed by atoms with Gasteiger partial charge in [-0.15, -0.1) is 5.10 Å². The highest BCUT2D eigenvalue weighted by Crippen LogP contribution is 2.21. The van der Waals surface area contributed by atoms with E-state index in [1.54, 1.807) is 16.8 Å². The van der Waals surface area contributed by atoms with Gasteiger partial charge in [0.1, 0.15) is 0 Å². The van der Waals surface area contributed by atoms with Crippen molar-refractivity contribution in [2.24, 2.45) is 0 Å². The molecule has 1 amide bonds. The van der Waals surface area contributed by atoms with Crippen molar-refractivity contribution in [1.82, 2.24) is 15.0 Å². The number of rotatable bonds is 3. The van der Waals surface area contributed by atoms with Crippen molar-refractivity contribution in [3.8, 4) is 5.69 Å². The van der Waals surface area contributed by atoms with Crippen LogP contribution < -0.4 is 5.32 Å². The van der Waals surface area contributed by atoms with E-state index >= 15 is 0 Å². The number of anilines is 1. The Morgan fingerprint density at radius 1 is 1.13 bits per heavy atom. The lowest BCUT2D eigenvalue weighted by Crippen LogP contribution is -2.14. The monoisotopic (exact) mass is 326 g/mol. The molecule has 1 aromatic heterocycles. The maximum absolute atomic E-state index is 12.4. The zero-order valence-corrected chi connectivity index (χ0v) is 13.5. The topological polar surface area (TPSA) is 59.8 Å². The van der Waals surface area contributed by atoms with Crippen molar-refractivity contribution in [3.05, 3.63) is 70.5 Å².